The van der Waals surface area contributed by atoms with Gasteiger partial charge in [-0.15, -0.1) is 0 Å². The molecule has 0 heterocycles. The molecule has 0 saturated heterocycles. The minimum Gasteiger partial charge on any atom is -0.496 e. The van der Waals surface area contributed by atoms with Gasteiger partial charge in [-0.25, -0.2) is 0 Å². The zero-order valence-corrected chi connectivity index (χ0v) is 19.8. The summed E-state index contributed by atoms with van der Waals surface area (Å²) in [6, 6.07) is 4.73. The zero-order chi connectivity index (χ0) is 23.2. The molecule has 0 spiro atoms. The second kappa shape index (κ2) is 14.6. The Bertz CT molecular complexity index is 715. The number of hydrogen-bond acceptors (Lipinski definition) is 4. The predicted octanol–water partition coefficient (Wildman–Crippen LogP) is 4.94. The van der Waals surface area contributed by atoms with Crippen LogP contribution in [-0.2, 0) is 16.1 Å². The summed E-state index contributed by atoms with van der Waals surface area (Å²) in [7, 11) is 1.55. The third-order valence-electron chi connectivity index (χ3n) is 5.14. The van der Waals surface area contributed by atoms with Crippen LogP contribution < -0.4 is 10.1 Å². The van der Waals surface area contributed by atoms with Crippen LogP contribution in [0.2, 0.25) is 0 Å². The summed E-state index contributed by atoms with van der Waals surface area (Å²) < 4.78 is 5.51. The molecular weight excluding hydrogens is 392 g/mol. The normalized spacial score (nSPS) is 12.5. The first-order valence-electron chi connectivity index (χ1n) is 11.4. The zero-order valence-electron chi connectivity index (χ0n) is 19.8. The van der Waals surface area contributed by atoms with E-state index in [4.69, 9.17) is 4.74 Å². The van der Waals surface area contributed by atoms with Gasteiger partial charge in [-0.1, -0.05) is 52.0 Å². The molecule has 0 saturated carbocycles. The highest BCUT2D eigenvalue weighted by Crippen LogP contribution is 2.31. The van der Waals surface area contributed by atoms with E-state index < -0.39 is 12.0 Å². The van der Waals surface area contributed by atoms with Crippen LogP contribution in [-0.4, -0.2) is 42.1 Å². The molecule has 0 aliphatic rings. The van der Waals surface area contributed by atoms with Crippen LogP contribution in [0, 0.1) is 5.92 Å². The fourth-order valence-electron chi connectivity index (χ4n) is 3.54. The minimum absolute atomic E-state index is 0.0272. The molecule has 0 bridgehead atoms. The number of aliphatic carboxylic acids is 1. The summed E-state index contributed by atoms with van der Waals surface area (Å²) in [4.78, 5) is 26.0. The molecule has 1 aromatic rings. The van der Waals surface area contributed by atoms with Gasteiger partial charge in [0.15, 0.2) is 0 Å². The number of allylic oxidation sites excluding steroid dienone is 2. The van der Waals surface area contributed by atoms with Crippen molar-refractivity contribution in [2.45, 2.75) is 72.4 Å². The second-order valence-electron chi connectivity index (χ2n) is 8.14. The molecule has 174 valence electrons. The first-order valence-corrected chi connectivity index (χ1v) is 11.4. The molecule has 2 N–H and O–H groups in total. The van der Waals surface area contributed by atoms with Crippen molar-refractivity contribution in [3.8, 4) is 5.75 Å². The largest absolute Gasteiger partial charge is 0.496 e. The van der Waals surface area contributed by atoms with Gasteiger partial charge in [-0.3, -0.25) is 14.5 Å². The SMILES string of the molecule is CCCN(CC)C(C(=O)O)c1ccc(CNC(=O)CCCC/C=C/C(C)C)cc1OC. The Labute approximate surface area is 187 Å². The topological polar surface area (TPSA) is 78.9 Å². The Balaban J connectivity index is 2.69. The molecular formula is C25H40N2O4. The van der Waals surface area contributed by atoms with Crippen molar-refractivity contribution in [1.82, 2.24) is 10.2 Å². The van der Waals surface area contributed by atoms with Crippen LogP contribution in [0.15, 0.2) is 30.4 Å². The number of ether oxygens (including phenoxy) is 1. The fourth-order valence-corrected chi connectivity index (χ4v) is 3.54. The van der Waals surface area contributed by atoms with Crippen LogP contribution >= 0.6 is 0 Å². The summed E-state index contributed by atoms with van der Waals surface area (Å²) in [5, 5.41) is 12.8. The summed E-state index contributed by atoms with van der Waals surface area (Å²) in [6.45, 7) is 10.0. The molecule has 1 rings (SSSR count). The lowest BCUT2D eigenvalue weighted by molar-refractivity contribution is -0.143. The summed E-state index contributed by atoms with van der Waals surface area (Å²) in [5.41, 5.74) is 1.52. The molecule has 0 aliphatic carbocycles. The lowest BCUT2D eigenvalue weighted by Gasteiger charge is -2.28. The molecule has 1 atom stereocenters. The highest BCUT2D eigenvalue weighted by atomic mass is 16.5. The second-order valence-corrected chi connectivity index (χ2v) is 8.14. The monoisotopic (exact) mass is 432 g/mol. The van der Waals surface area contributed by atoms with Crippen molar-refractivity contribution in [1.29, 1.82) is 0 Å². The van der Waals surface area contributed by atoms with Gasteiger partial charge in [0.2, 0.25) is 5.91 Å². The molecule has 0 fully saturated rings. The van der Waals surface area contributed by atoms with Gasteiger partial charge in [-0.2, -0.15) is 0 Å². The van der Waals surface area contributed by atoms with E-state index in [9.17, 15) is 14.7 Å². The van der Waals surface area contributed by atoms with Crippen molar-refractivity contribution in [2.75, 3.05) is 20.2 Å². The van der Waals surface area contributed by atoms with Gasteiger partial charge in [0.1, 0.15) is 11.8 Å². The number of nitrogens with one attached hydrogen (secondary N) is 1. The third kappa shape index (κ3) is 9.55. The number of methoxy groups -OCH3 is 1. The molecule has 0 aromatic heterocycles. The number of carboxylic acid groups (broad SMARTS) is 1. The summed E-state index contributed by atoms with van der Waals surface area (Å²) >= 11 is 0. The standard InChI is InChI=1S/C25H40N2O4/c1-6-16-27(7-2)24(25(29)30)21-15-14-20(17-22(21)31-5)18-26-23(28)13-11-9-8-10-12-19(3)4/h10,12,14-15,17,19,24H,6-9,11,13,16,18H2,1-5H3,(H,26,28)(H,29,30)/b12-10+. The molecule has 6 heteroatoms. The van der Waals surface area contributed by atoms with Crippen LogP contribution in [0.5, 0.6) is 5.75 Å². The van der Waals surface area contributed by atoms with Crippen molar-refractivity contribution in [2.24, 2.45) is 5.92 Å². The number of hydrogen-bond donors (Lipinski definition) is 2. The number of carbonyl (C=O) groups is 2. The maximum absolute atomic E-state index is 12.1. The van der Waals surface area contributed by atoms with E-state index in [1.165, 1.54) is 0 Å². The van der Waals surface area contributed by atoms with E-state index >= 15 is 0 Å². The van der Waals surface area contributed by atoms with Gasteiger partial charge < -0.3 is 15.2 Å². The summed E-state index contributed by atoms with van der Waals surface area (Å²) in [5.74, 6) is 0.233. The Kier molecular flexibility index (Phi) is 12.6. The number of carboxylic acids is 1. The van der Waals surface area contributed by atoms with E-state index in [0.717, 1.165) is 31.2 Å². The maximum Gasteiger partial charge on any atom is 0.325 e. The first-order chi connectivity index (χ1) is 14.8. The van der Waals surface area contributed by atoms with Gasteiger partial charge in [-0.05, 0) is 56.3 Å². The van der Waals surface area contributed by atoms with Crippen molar-refractivity contribution in [3.05, 3.63) is 41.5 Å². The number of likely N-dealkylation sites (N-methyl/N-ethyl adjacent to an activating group) is 1. The maximum atomic E-state index is 12.1. The highest BCUT2D eigenvalue weighted by molar-refractivity contribution is 5.77. The quantitative estimate of drug-likeness (QED) is 0.303. The van der Waals surface area contributed by atoms with E-state index in [0.29, 0.717) is 43.3 Å². The third-order valence-corrected chi connectivity index (χ3v) is 5.14. The number of rotatable bonds is 15. The average molecular weight is 433 g/mol. The van der Waals surface area contributed by atoms with E-state index in [1.807, 2.05) is 30.9 Å². The van der Waals surface area contributed by atoms with Crippen LogP contribution in [0.25, 0.3) is 0 Å². The number of nitrogens with zero attached hydrogens (tertiary/aromatic N) is 1. The molecule has 31 heavy (non-hydrogen) atoms. The number of benzene rings is 1. The number of amides is 1. The Hall–Kier alpha value is -2.34. The lowest BCUT2D eigenvalue weighted by Crippen LogP contribution is -2.35. The van der Waals surface area contributed by atoms with Gasteiger partial charge in [0, 0.05) is 18.5 Å². The molecule has 1 amide bonds. The Morgan fingerprint density at radius 3 is 2.55 bits per heavy atom. The van der Waals surface area contributed by atoms with Crippen LogP contribution in [0.3, 0.4) is 0 Å². The summed E-state index contributed by atoms with van der Waals surface area (Å²) in [6.07, 6.45) is 8.62. The first kappa shape index (κ1) is 26.7. The number of unbranched alkanes of at least 4 members (excludes halogenated alkanes) is 2. The van der Waals surface area contributed by atoms with Gasteiger partial charge >= 0.3 is 5.97 Å². The van der Waals surface area contributed by atoms with Crippen LogP contribution in [0.1, 0.15) is 77.0 Å². The van der Waals surface area contributed by atoms with Crippen molar-refractivity contribution < 1.29 is 19.4 Å². The van der Waals surface area contributed by atoms with Gasteiger partial charge in [0.05, 0.1) is 7.11 Å². The Morgan fingerprint density at radius 2 is 1.97 bits per heavy atom. The molecule has 1 aromatic carbocycles. The molecule has 0 aliphatic heterocycles. The number of carbonyl (C=O) groups excluding carboxylic acids is 1. The minimum atomic E-state index is -0.891. The Morgan fingerprint density at radius 1 is 1.23 bits per heavy atom. The molecule has 6 nitrogen and oxygen atoms in total. The average Bonchev–Trinajstić information content (AvgIpc) is 2.74. The smallest absolute Gasteiger partial charge is 0.325 e. The van der Waals surface area contributed by atoms with Crippen LogP contribution in [0.4, 0.5) is 0 Å². The molecule has 0 radical (unpaired) electrons. The van der Waals surface area contributed by atoms with Crippen molar-refractivity contribution in [3.63, 3.8) is 0 Å². The lowest BCUT2D eigenvalue weighted by atomic mass is 10.0. The molecule has 1 unspecified atom stereocenters. The van der Waals surface area contributed by atoms with E-state index in [1.54, 1.807) is 13.2 Å². The van der Waals surface area contributed by atoms with Crippen molar-refractivity contribution >= 4 is 11.9 Å². The van der Waals surface area contributed by atoms with E-state index in [-0.39, 0.29) is 5.91 Å². The predicted molar refractivity (Wildman–Crippen MR) is 125 cm³/mol. The van der Waals surface area contributed by atoms with Gasteiger partial charge in [0.25, 0.3) is 0 Å². The fraction of sp³-hybridized carbons (Fsp3) is 0.600. The highest BCUT2D eigenvalue weighted by Gasteiger charge is 2.28. The van der Waals surface area contributed by atoms with E-state index in [2.05, 4.69) is 31.3 Å².